The van der Waals surface area contributed by atoms with E-state index in [4.69, 9.17) is 28.4 Å². The maximum atomic E-state index is 12.3. The number of benzene rings is 4. The number of ether oxygens (including phenoxy) is 6. The molecule has 0 bridgehead atoms. The summed E-state index contributed by atoms with van der Waals surface area (Å²) in [6.07, 6.45) is 0.318. The highest BCUT2D eigenvalue weighted by molar-refractivity contribution is 5.89. The lowest BCUT2D eigenvalue weighted by Gasteiger charge is -2.34. The molecular weight excluding hydrogens is 725 g/mol. The third-order valence-corrected chi connectivity index (χ3v) is 8.93. The molecule has 1 atom stereocenters. The van der Waals surface area contributed by atoms with Gasteiger partial charge in [0.05, 0.1) is 5.41 Å². The molecule has 4 aromatic carbocycles. The molecule has 1 aliphatic rings. The van der Waals surface area contributed by atoms with E-state index in [-0.39, 0.29) is 47.9 Å². The molecule has 0 fully saturated rings. The van der Waals surface area contributed by atoms with E-state index >= 15 is 0 Å². The number of fused-ring (bicyclic) bond motifs is 3. The normalized spacial score (nSPS) is 12.8. The standard InChI is InChI=1S/C47H44O10/c1-29(2)43(48)54-27-37(56-45(50)31(5)6)25-52-35-21-17-33(18-22-35)47(41-15-11-9-13-39(41)40-14-10-12-16-42(40)47)34-19-23-36(24-20-34)53-26-38(57-46(51)32(7)8)28-55-44(49)30(3)4/h9-25,38H,1,3,5,7,26-28H2,2,4,6,8H3. The minimum absolute atomic E-state index is 0.0349. The van der Waals surface area contributed by atoms with Crippen molar-refractivity contribution < 1.29 is 47.6 Å². The third-order valence-electron chi connectivity index (χ3n) is 8.93. The van der Waals surface area contributed by atoms with Gasteiger partial charge >= 0.3 is 23.9 Å². The number of rotatable bonds is 17. The second-order valence-corrected chi connectivity index (χ2v) is 13.6. The lowest BCUT2D eigenvalue weighted by atomic mass is 9.68. The highest BCUT2D eigenvalue weighted by Gasteiger charge is 2.45. The molecule has 4 aromatic rings. The van der Waals surface area contributed by atoms with Gasteiger partial charge in [-0.25, -0.2) is 19.2 Å². The van der Waals surface area contributed by atoms with Crippen LogP contribution in [0.1, 0.15) is 49.9 Å². The average Bonchev–Trinajstić information content (AvgIpc) is 3.50. The van der Waals surface area contributed by atoms with Crippen LogP contribution in [-0.2, 0) is 43.5 Å². The van der Waals surface area contributed by atoms with Gasteiger partial charge in [-0.1, -0.05) is 99.1 Å². The van der Waals surface area contributed by atoms with E-state index in [0.29, 0.717) is 11.5 Å². The van der Waals surface area contributed by atoms with Gasteiger partial charge in [0.25, 0.3) is 0 Å². The second-order valence-electron chi connectivity index (χ2n) is 13.6. The number of carbonyl (C=O) groups excluding carboxylic acids is 4. The quantitative estimate of drug-likeness (QED) is 0.0394. The molecule has 10 nitrogen and oxygen atoms in total. The van der Waals surface area contributed by atoms with Gasteiger partial charge in [-0.2, -0.15) is 0 Å². The first kappa shape index (κ1) is 41.2. The molecule has 1 unspecified atom stereocenters. The van der Waals surface area contributed by atoms with Crippen LogP contribution >= 0.6 is 0 Å². The number of carbonyl (C=O) groups is 4. The van der Waals surface area contributed by atoms with Crippen molar-refractivity contribution in [3.8, 4) is 22.6 Å². The first-order valence-corrected chi connectivity index (χ1v) is 18.0. The van der Waals surface area contributed by atoms with Crippen molar-refractivity contribution in [1.82, 2.24) is 0 Å². The molecule has 57 heavy (non-hydrogen) atoms. The molecule has 0 amide bonds. The van der Waals surface area contributed by atoms with Crippen molar-refractivity contribution in [1.29, 1.82) is 0 Å². The van der Waals surface area contributed by atoms with E-state index in [1.165, 1.54) is 34.0 Å². The van der Waals surface area contributed by atoms with Crippen molar-refractivity contribution in [3.63, 3.8) is 0 Å². The summed E-state index contributed by atoms with van der Waals surface area (Å²) >= 11 is 0. The van der Waals surface area contributed by atoms with Crippen LogP contribution in [0.3, 0.4) is 0 Å². The minimum atomic E-state index is -0.895. The first-order valence-electron chi connectivity index (χ1n) is 18.0. The fourth-order valence-corrected chi connectivity index (χ4v) is 6.14. The van der Waals surface area contributed by atoms with Crippen LogP contribution in [0.5, 0.6) is 11.5 Å². The zero-order chi connectivity index (χ0) is 41.3. The number of hydrogen-bond donors (Lipinski definition) is 0. The van der Waals surface area contributed by atoms with Crippen LogP contribution in [0, 0.1) is 0 Å². The Morgan fingerprint density at radius 3 is 1.56 bits per heavy atom. The Morgan fingerprint density at radius 2 is 1.05 bits per heavy atom. The Kier molecular flexibility index (Phi) is 13.1. The van der Waals surface area contributed by atoms with Crippen LogP contribution < -0.4 is 9.47 Å². The van der Waals surface area contributed by atoms with Gasteiger partial charge in [0, 0.05) is 22.3 Å². The predicted molar refractivity (Wildman–Crippen MR) is 215 cm³/mol. The van der Waals surface area contributed by atoms with Crippen LogP contribution in [0.4, 0.5) is 0 Å². The maximum absolute atomic E-state index is 12.3. The Balaban J connectivity index is 1.47. The summed E-state index contributed by atoms with van der Waals surface area (Å²) in [4.78, 5) is 48.7. The van der Waals surface area contributed by atoms with Crippen molar-refractivity contribution in [2.75, 3.05) is 19.8 Å². The highest BCUT2D eigenvalue weighted by atomic mass is 16.6. The molecule has 0 radical (unpaired) electrons. The smallest absolute Gasteiger partial charge is 0.338 e. The van der Waals surface area contributed by atoms with Gasteiger partial charge < -0.3 is 28.4 Å². The Labute approximate surface area is 332 Å². The van der Waals surface area contributed by atoms with Crippen LogP contribution in [-0.4, -0.2) is 49.8 Å². The van der Waals surface area contributed by atoms with E-state index in [2.05, 4.69) is 50.6 Å². The van der Waals surface area contributed by atoms with Crippen molar-refractivity contribution >= 4 is 23.9 Å². The average molecular weight is 769 g/mol. The van der Waals surface area contributed by atoms with Crippen LogP contribution in [0.25, 0.3) is 11.1 Å². The number of hydrogen-bond acceptors (Lipinski definition) is 10. The monoisotopic (exact) mass is 768 g/mol. The second kappa shape index (κ2) is 18.1. The van der Waals surface area contributed by atoms with Crippen LogP contribution in [0.2, 0.25) is 0 Å². The van der Waals surface area contributed by atoms with Gasteiger partial charge in [0.2, 0.25) is 0 Å². The van der Waals surface area contributed by atoms with Gasteiger partial charge in [0.1, 0.15) is 31.0 Å². The third kappa shape index (κ3) is 9.48. The lowest BCUT2D eigenvalue weighted by molar-refractivity contribution is -0.155. The highest BCUT2D eigenvalue weighted by Crippen LogP contribution is 2.56. The van der Waals surface area contributed by atoms with Crippen molar-refractivity contribution in [2.24, 2.45) is 0 Å². The van der Waals surface area contributed by atoms with E-state index in [1.54, 1.807) is 12.1 Å². The summed E-state index contributed by atoms with van der Waals surface area (Å²) in [5.74, 6) is -1.68. The summed E-state index contributed by atoms with van der Waals surface area (Å²) < 4.78 is 33.3. The van der Waals surface area contributed by atoms with Gasteiger partial charge in [-0.15, -0.1) is 0 Å². The van der Waals surface area contributed by atoms with Gasteiger partial charge in [0.15, 0.2) is 18.5 Å². The summed E-state index contributed by atoms with van der Waals surface area (Å²) in [7, 11) is 0. The van der Waals surface area contributed by atoms with Gasteiger partial charge in [-0.05, 0) is 85.3 Å². The van der Waals surface area contributed by atoms with E-state index in [9.17, 15) is 19.2 Å². The van der Waals surface area contributed by atoms with Crippen molar-refractivity contribution in [2.45, 2.75) is 39.2 Å². The molecule has 0 aromatic heterocycles. The van der Waals surface area contributed by atoms with E-state index in [1.807, 2.05) is 60.7 Å². The molecule has 0 spiro atoms. The molecule has 0 saturated heterocycles. The molecular formula is C47H44O10. The lowest BCUT2D eigenvalue weighted by Crippen LogP contribution is -2.31. The molecule has 0 heterocycles. The molecule has 5 rings (SSSR count). The Hall–Kier alpha value is -6.94. The molecule has 10 heteroatoms. The van der Waals surface area contributed by atoms with Crippen molar-refractivity contribution in [3.05, 3.63) is 180 Å². The summed E-state index contributed by atoms with van der Waals surface area (Å²) in [5.41, 5.74) is 6.25. The summed E-state index contributed by atoms with van der Waals surface area (Å²) in [6, 6.07) is 31.7. The molecule has 0 N–H and O–H groups in total. The summed E-state index contributed by atoms with van der Waals surface area (Å²) in [5, 5.41) is 0. The molecule has 0 aliphatic heterocycles. The van der Waals surface area contributed by atoms with E-state index < -0.39 is 35.4 Å². The maximum Gasteiger partial charge on any atom is 0.338 e. The topological polar surface area (TPSA) is 124 Å². The SMILES string of the molecule is C=C(C)C(=O)OCC(=COc1ccc(C2(c3ccc(OCC(COC(=O)C(=C)C)OC(=O)C(=C)C)cc3)c3ccccc3-c3ccccc32)cc1)OC(=O)C(=C)C. The Bertz CT molecular complexity index is 2210. The first-order chi connectivity index (χ1) is 27.2. The Morgan fingerprint density at radius 1 is 0.579 bits per heavy atom. The number of esters is 4. The zero-order valence-corrected chi connectivity index (χ0v) is 32.4. The van der Waals surface area contributed by atoms with Gasteiger partial charge in [-0.3, -0.25) is 0 Å². The van der Waals surface area contributed by atoms with Crippen LogP contribution in [0.15, 0.2) is 158 Å². The predicted octanol–water partition coefficient (Wildman–Crippen LogP) is 8.49. The van der Waals surface area contributed by atoms with E-state index in [0.717, 1.165) is 33.4 Å². The fraction of sp³-hybridized carbons (Fsp3) is 0.191. The molecule has 0 saturated carbocycles. The minimum Gasteiger partial charge on any atom is -0.490 e. The molecule has 292 valence electrons. The zero-order valence-electron chi connectivity index (χ0n) is 32.4. The summed E-state index contributed by atoms with van der Waals surface area (Å²) in [6.45, 7) is 19.8. The fourth-order valence-electron chi connectivity index (χ4n) is 6.14. The molecule has 1 aliphatic carbocycles. The largest absolute Gasteiger partial charge is 0.490 e.